The summed E-state index contributed by atoms with van der Waals surface area (Å²) in [5.41, 5.74) is 0. The molecule has 15 heavy (non-hydrogen) atoms. The van der Waals surface area contributed by atoms with E-state index in [-0.39, 0.29) is 17.8 Å². The summed E-state index contributed by atoms with van der Waals surface area (Å²) >= 11 is 0. The van der Waals surface area contributed by atoms with E-state index in [2.05, 4.69) is 0 Å². The Morgan fingerprint density at radius 3 is 2.07 bits per heavy atom. The highest BCUT2D eigenvalue weighted by molar-refractivity contribution is 6.12. The number of nitrogens with one attached hydrogen (secondary N) is 1. The SMILES string of the molecule is CCCOC(=O)CC.O=C1C=CC(=O)N1. The third-order valence-corrected chi connectivity index (χ3v) is 1.39. The fourth-order valence-electron chi connectivity index (χ4n) is 0.674. The minimum atomic E-state index is -0.329. The lowest BCUT2D eigenvalue weighted by Crippen LogP contribution is -2.19. The Hall–Kier alpha value is -1.65. The zero-order valence-corrected chi connectivity index (χ0v) is 8.91. The van der Waals surface area contributed by atoms with E-state index >= 15 is 0 Å². The number of hydrogen-bond donors (Lipinski definition) is 1. The zero-order valence-electron chi connectivity index (χ0n) is 8.91. The molecule has 0 bridgehead atoms. The third kappa shape index (κ3) is 7.42. The van der Waals surface area contributed by atoms with Crippen LogP contribution >= 0.6 is 0 Å². The molecule has 1 N–H and O–H groups in total. The van der Waals surface area contributed by atoms with Crippen molar-refractivity contribution in [1.82, 2.24) is 5.32 Å². The predicted octanol–water partition coefficient (Wildman–Crippen LogP) is 0.549. The molecule has 1 aliphatic rings. The van der Waals surface area contributed by atoms with E-state index in [1.54, 1.807) is 6.92 Å². The van der Waals surface area contributed by atoms with Crippen LogP contribution in [0.4, 0.5) is 0 Å². The van der Waals surface area contributed by atoms with Gasteiger partial charge in [-0.25, -0.2) is 0 Å². The van der Waals surface area contributed by atoms with Crippen LogP contribution in [0.2, 0.25) is 0 Å². The molecule has 0 radical (unpaired) electrons. The number of carbonyl (C=O) groups excluding carboxylic acids is 3. The molecule has 0 aromatic carbocycles. The van der Waals surface area contributed by atoms with Crippen LogP contribution in [0.3, 0.4) is 0 Å². The molecular formula is C10H15NO4. The van der Waals surface area contributed by atoms with Crippen molar-refractivity contribution in [3.63, 3.8) is 0 Å². The molecule has 2 amide bonds. The number of ether oxygens (including phenoxy) is 1. The molecule has 5 nitrogen and oxygen atoms in total. The molecule has 0 saturated carbocycles. The first-order chi connectivity index (χ1) is 7.10. The number of rotatable bonds is 3. The van der Waals surface area contributed by atoms with Gasteiger partial charge in [0.15, 0.2) is 0 Å². The summed E-state index contributed by atoms with van der Waals surface area (Å²) in [6, 6.07) is 0. The topological polar surface area (TPSA) is 72.5 Å². The molecule has 1 heterocycles. The van der Waals surface area contributed by atoms with Crippen molar-refractivity contribution in [2.45, 2.75) is 26.7 Å². The van der Waals surface area contributed by atoms with Gasteiger partial charge in [0.25, 0.3) is 11.8 Å². The minimum absolute atomic E-state index is 0.105. The highest BCUT2D eigenvalue weighted by Crippen LogP contribution is 1.85. The van der Waals surface area contributed by atoms with Gasteiger partial charge in [-0.15, -0.1) is 0 Å². The zero-order chi connectivity index (χ0) is 11.7. The van der Waals surface area contributed by atoms with Crippen molar-refractivity contribution >= 4 is 17.8 Å². The van der Waals surface area contributed by atoms with E-state index in [0.717, 1.165) is 6.42 Å². The molecule has 0 aromatic heterocycles. The summed E-state index contributed by atoms with van der Waals surface area (Å²) < 4.78 is 4.70. The molecule has 0 saturated heterocycles. The Balaban J connectivity index is 0.000000262. The van der Waals surface area contributed by atoms with Crippen molar-refractivity contribution in [3.8, 4) is 0 Å². The fraction of sp³-hybridized carbons (Fsp3) is 0.500. The molecule has 1 aliphatic heterocycles. The van der Waals surface area contributed by atoms with Gasteiger partial charge in [0, 0.05) is 18.6 Å². The van der Waals surface area contributed by atoms with Crippen LogP contribution in [-0.2, 0) is 19.1 Å². The average Bonchev–Trinajstić information content (AvgIpc) is 2.59. The van der Waals surface area contributed by atoms with E-state index in [1.165, 1.54) is 12.2 Å². The predicted molar refractivity (Wildman–Crippen MR) is 53.8 cm³/mol. The van der Waals surface area contributed by atoms with Crippen LogP contribution in [0, 0.1) is 0 Å². The Morgan fingerprint density at radius 2 is 1.80 bits per heavy atom. The van der Waals surface area contributed by atoms with Crippen molar-refractivity contribution in [2.75, 3.05) is 6.61 Å². The fourth-order valence-corrected chi connectivity index (χ4v) is 0.674. The number of carbonyl (C=O) groups is 3. The van der Waals surface area contributed by atoms with Gasteiger partial charge < -0.3 is 4.74 Å². The molecule has 0 fully saturated rings. The number of esters is 1. The van der Waals surface area contributed by atoms with Gasteiger partial charge in [0.1, 0.15) is 0 Å². The third-order valence-electron chi connectivity index (χ3n) is 1.39. The number of hydrogen-bond acceptors (Lipinski definition) is 4. The highest BCUT2D eigenvalue weighted by atomic mass is 16.5. The molecular weight excluding hydrogens is 198 g/mol. The molecule has 0 aromatic rings. The minimum Gasteiger partial charge on any atom is -0.466 e. The largest absolute Gasteiger partial charge is 0.466 e. The van der Waals surface area contributed by atoms with Crippen LogP contribution in [0.25, 0.3) is 0 Å². The standard InChI is InChI=1S/C6H12O2.C4H3NO2/c1-3-5-8-6(7)4-2;6-3-1-2-4(7)5-3/h3-5H2,1-2H3;1-2H,(H,5,6,7). The lowest BCUT2D eigenvalue weighted by atomic mass is 10.5. The second-order valence-electron chi connectivity index (χ2n) is 2.76. The van der Waals surface area contributed by atoms with Crippen molar-refractivity contribution in [1.29, 1.82) is 0 Å². The van der Waals surface area contributed by atoms with Gasteiger partial charge in [-0.3, -0.25) is 19.7 Å². The number of amides is 2. The van der Waals surface area contributed by atoms with Crippen LogP contribution < -0.4 is 5.32 Å². The molecule has 84 valence electrons. The molecule has 0 spiro atoms. The Morgan fingerprint density at radius 1 is 1.27 bits per heavy atom. The normalized spacial score (nSPS) is 12.9. The maximum atomic E-state index is 10.3. The van der Waals surface area contributed by atoms with Crippen molar-refractivity contribution < 1.29 is 19.1 Å². The summed E-state index contributed by atoms with van der Waals surface area (Å²) in [4.78, 5) is 30.4. The maximum absolute atomic E-state index is 10.3. The smallest absolute Gasteiger partial charge is 0.305 e. The summed E-state index contributed by atoms with van der Waals surface area (Å²) in [6.45, 7) is 4.33. The molecule has 0 atom stereocenters. The van der Waals surface area contributed by atoms with E-state index in [9.17, 15) is 14.4 Å². The first kappa shape index (κ1) is 13.4. The van der Waals surface area contributed by atoms with Crippen LogP contribution in [-0.4, -0.2) is 24.4 Å². The second kappa shape index (κ2) is 7.73. The van der Waals surface area contributed by atoms with Gasteiger partial charge in [0.2, 0.25) is 0 Å². The van der Waals surface area contributed by atoms with E-state index < -0.39 is 0 Å². The molecule has 1 rings (SSSR count). The summed E-state index contributed by atoms with van der Waals surface area (Å²) in [5, 5.41) is 2.03. The van der Waals surface area contributed by atoms with Gasteiger partial charge in [-0.05, 0) is 6.42 Å². The van der Waals surface area contributed by atoms with E-state index in [0.29, 0.717) is 13.0 Å². The van der Waals surface area contributed by atoms with Crippen LogP contribution in [0.1, 0.15) is 26.7 Å². The lowest BCUT2D eigenvalue weighted by molar-refractivity contribution is -0.143. The van der Waals surface area contributed by atoms with Crippen LogP contribution in [0.5, 0.6) is 0 Å². The summed E-state index contributed by atoms with van der Waals surface area (Å²) in [7, 11) is 0. The van der Waals surface area contributed by atoms with Gasteiger partial charge >= 0.3 is 5.97 Å². The van der Waals surface area contributed by atoms with E-state index in [4.69, 9.17) is 4.74 Å². The van der Waals surface area contributed by atoms with E-state index in [1.807, 2.05) is 12.2 Å². The lowest BCUT2D eigenvalue weighted by Gasteiger charge is -1.97. The first-order valence-corrected chi connectivity index (χ1v) is 4.78. The Bertz CT molecular complexity index is 255. The quantitative estimate of drug-likeness (QED) is 0.549. The van der Waals surface area contributed by atoms with Crippen molar-refractivity contribution in [3.05, 3.63) is 12.2 Å². The summed E-state index contributed by atoms with van der Waals surface area (Å²) in [5.74, 6) is -0.762. The number of imide groups is 1. The average molecular weight is 213 g/mol. The van der Waals surface area contributed by atoms with Gasteiger partial charge in [-0.1, -0.05) is 13.8 Å². The molecule has 0 unspecified atom stereocenters. The first-order valence-electron chi connectivity index (χ1n) is 4.78. The van der Waals surface area contributed by atoms with Crippen molar-refractivity contribution in [2.24, 2.45) is 0 Å². The van der Waals surface area contributed by atoms with Gasteiger partial charge in [-0.2, -0.15) is 0 Å². The second-order valence-corrected chi connectivity index (χ2v) is 2.76. The monoisotopic (exact) mass is 213 g/mol. The van der Waals surface area contributed by atoms with Crippen LogP contribution in [0.15, 0.2) is 12.2 Å². The Kier molecular flexibility index (Phi) is 6.88. The molecule has 0 aliphatic carbocycles. The Labute approximate surface area is 88.5 Å². The highest BCUT2D eigenvalue weighted by Gasteiger charge is 2.06. The summed E-state index contributed by atoms with van der Waals surface area (Å²) in [6.07, 6.45) is 3.79. The maximum Gasteiger partial charge on any atom is 0.305 e. The van der Waals surface area contributed by atoms with Gasteiger partial charge in [0.05, 0.1) is 6.61 Å². The molecule has 5 heteroatoms.